The molecule has 2 amide bonds. The molecule has 0 aliphatic rings. The van der Waals surface area contributed by atoms with Gasteiger partial charge in [0.25, 0.3) is 0 Å². The lowest BCUT2D eigenvalue weighted by atomic mass is 10.1. The zero-order chi connectivity index (χ0) is 25.0. The normalized spacial score (nSPS) is 13.0. The van der Waals surface area contributed by atoms with Gasteiger partial charge in [-0.2, -0.15) is 4.31 Å². The van der Waals surface area contributed by atoms with Crippen molar-refractivity contribution in [1.82, 2.24) is 14.5 Å². The zero-order valence-corrected chi connectivity index (χ0v) is 21.5. The van der Waals surface area contributed by atoms with Crippen LogP contribution in [0.1, 0.15) is 38.8 Å². The molecule has 1 N–H and O–H groups in total. The number of aryl methyl sites for hydroxylation is 1. The van der Waals surface area contributed by atoms with Crippen molar-refractivity contribution < 1.29 is 18.0 Å². The summed E-state index contributed by atoms with van der Waals surface area (Å²) in [6, 6.07) is 12.6. The Hall–Kier alpha value is -2.42. The summed E-state index contributed by atoms with van der Waals surface area (Å²) in [5.41, 5.74) is 1.18. The molecule has 0 bridgehead atoms. The summed E-state index contributed by atoms with van der Waals surface area (Å²) in [7, 11) is -2.52. The molecule has 9 heteroatoms. The predicted molar refractivity (Wildman–Crippen MR) is 130 cm³/mol. The van der Waals surface area contributed by atoms with E-state index < -0.39 is 34.1 Å². The van der Waals surface area contributed by atoms with Gasteiger partial charge in [0.2, 0.25) is 21.8 Å². The first-order valence-corrected chi connectivity index (χ1v) is 12.4. The Kier molecular flexibility index (Phi) is 8.68. The summed E-state index contributed by atoms with van der Waals surface area (Å²) in [5, 5.41) is 3.38. The Balaban J connectivity index is 2.29. The molecule has 0 fully saturated rings. The fraction of sp³-hybridized carbons (Fsp3) is 0.417. The highest BCUT2D eigenvalue weighted by molar-refractivity contribution is 7.89. The van der Waals surface area contributed by atoms with E-state index in [4.69, 9.17) is 11.6 Å². The lowest BCUT2D eigenvalue weighted by molar-refractivity contribution is -0.141. The molecule has 2 rings (SSSR count). The highest BCUT2D eigenvalue weighted by Gasteiger charge is 2.31. The average Bonchev–Trinajstić information content (AvgIpc) is 2.70. The summed E-state index contributed by atoms with van der Waals surface area (Å²) in [4.78, 5) is 27.6. The third kappa shape index (κ3) is 7.55. The quantitative estimate of drug-likeness (QED) is 0.608. The van der Waals surface area contributed by atoms with Gasteiger partial charge in [0.05, 0.1) is 11.4 Å². The van der Waals surface area contributed by atoms with Crippen molar-refractivity contribution in [2.24, 2.45) is 0 Å². The molecule has 180 valence electrons. The molecular formula is C24H32ClN3O4S. The minimum absolute atomic E-state index is 0.100. The fourth-order valence-electron chi connectivity index (χ4n) is 3.15. The van der Waals surface area contributed by atoms with Crippen LogP contribution >= 0.6 is 11.6 Å². The van der Waals surface area contributed by atoms with E-state index in [1.165, 1.54) is 24.1 Å². The third-order valence-electron chi connectivity index (χ3n) is 4.99. The standard InChI is InChI=1S/C24H32ClN3O4S/c1-17-10-12-21(13-11-17)33(31,32)27(6)16-22(29)28(15-19-8-7-9-20(25)14-19)18(2)23(30)26-24(3,4)5/h7-14,18H,15-16H2,1-6H3,(H,26,30)/t18-/m1/s1. The van der Waals surface area contributed by atoms with Crippen LogP contribution in [0.5, 0.6) is 0 Å². The van der Waals surface area contributed by atoms with E-state index >= 15 is 0 Å². The number of likely N-dealkylation sites (N-methyl/N-ethyl adjacent to an activating group) is 1. The lowest BCUT2D eigenvalue weighted by Crippen LogP contribution is -2.54. The minimum Gasteiger partial charge on any atom is -0.350 e. The van der Waals surface area contributed by atoms with Crippen molar-refractivity contribution in [2.45, 2.75) is 57.6 Å². The molecule has 0 saturated heterocycles. The van der Waals surface area contributed by atoms with Crippen LogP contribution in [0, 0.1) is 6.92 Å². The van der Waals surface area contributed by atoms with Crippen LogP contribution in [0.2, 0.25) is 5.02 Å². The van der Waals surface area contributed by atoms with E-state index in [-0.39, 0.29) is 17.3 Å². The number of carbonyl (C=O) groups is 2. The van der Waals surface area contributed by atoms with Crippen molar-refractivity contribution in [1.29, 1.82) is 0 Å². The molecular weight excluding hydrogens is 462 g/mol. The molecule has 0 aliphatic heterocycles. The van der Waals surface area contributed by atoms with Gasteiger partial charge in [0.15, 0.2) is 0 Å². The first kappa shape index (κ1) is 26.8. The Bertz CT molecular complexity index is 1100. The minimum atomic E-state index is -3.87. The topological polar surface area (TPSA) is 86.8 Å². The molecule has 33 heavy (non-hydrogen) atoms. The SMILES string of the molecule is Cc1ccc(S(=O)(=O)N(C)CC(=O)N(Cc2cccc(Cl)c2)[C@H](C)C(=O)NC(C)(C)C)cc1. The van der Waals surface area contributed by atoms with Gasteiger partial charge in [-0.1, -0.05) is 41.4 Å². The molecule has 7 nitrogen and oxygen atoms in total. The van der Waals surface area contributed by atoms with Crippen LogP contribution in [0.15, 0.2) is 53.4 Å². The van der Waals surface area contributed by atoms with Gasteiger partial charge in [-0.3, -0.25) is 9.59 Å². The summed E-state index contributed by atoms with van der Waals surface area (Å²) in [5.74, 6) is -0.827. The third-order valence-corrected chi connectivity index (χ3v) is 7.05. The first-order valence-electron chi connectivity index (χ1n) is 10.6. The Labute approximate surface area is 201 Å². The molecule has 0 saturated carbocycles. The largest absolute Gasteiger partial charge is 0.350 e. The first-order chi connectivity index (χ1) is 15.2. The number of nitrogens with zero attached hydrogens (tertiary/aromatic N) is 2. The molecule has 0 heterocycles. The van der Waals surface area contributed by atoms with Crippen LogP contribution in [0.4, 0.5) is 0 Å². The van der Waals surface area contributed by atoms with Crippen LogP contribution < -0.4 is 5.32 Å². The molecule has 1 atom stereocenters. The molecule has 0 spiro atoms. The molecule has 2 aromatic rings. The second-order valence-electron chi connectivity index (χ2n) is 9.14. The number of amides is 2. The Morgan fingerprint density at radius 2 is 1.70 bits per heavy atom. The van der Waals surface area contributed by atoms with Crippen LogP contribution in [-0.4, -0.2) is 54.6 Å². The van der Waals surface area contributed by atoms with Gasteiger partial charge in [-0.05, 0) is 64.4 Å². The van der Waals surface area contributed by atoms with E-state index in [0.29, 0.717) is 5.02 Å². The van der Waals surface area contributed by atoms with E-state index in [9.17, 15) is 18.0 Å². The number of benzene rings is 2. The van der Waals surface area contributed by atoms with E-state index in [0.717, 1.165) is 15.4 Å². The number of sulfonamides is 1. The second-order valence-corrected chi connectivity index (χ2v) is 11.6. The van der Waals surface area contributed by atoms with Gasteiger partial charge in [0.1, 0.15) is 6.04 Å². The summed E-state index contributed by atoms with van der Waals surface area (Å²) >= 11 is 6.09. The van der Waals surface area contributed by atoms with Gasteiger partial charge in [-0.15, -0.1) is 0 Å². The van der Waals surface area contributed by atoms with Gasteiger partial charge < -0.3 is 10.2 Å². The highest BCUT2D eigenvalue weighted by atomic mass is 35.5. The molecule has 2 aromatic carbocycles. The van der Waals surface area contributed by atoms with Crippen LogP contribution in [-0.2, 0) is 26.2 Å². The summed E-state index contributed by atoms with van der Waals surface area (Å²) in [6.45, 7) is 8.73. The second kappa shape index (κ2) is 10.7. The van der Waals surface area contributed by atoms with E-state index in [1.807, 2.05) is 27.7 Å². The monoisotopic (exact) mass is 493 g/mol. The zero-order valence-electron chi connectivity index (χ0n) is 19.9. The van der Waals surface area contributed by atoms with Crippen LogP contribution in [0.25, 0.3) is 0 Å². The average molecular weight is 494 g/mol. The maximum atomic E-state index is 13.3. The summed E-state index contributed by atoms with van der Waals surface area (Å²) < 4.78 is 26.9. The number of carbonyl (C=O) groups excluding carboxylic acids is 2. The predicted octanol–water partition coefficient (Wildman–Crippen LogP) is 3.60. The number of rotatable bonds is 8. The molecule has 0 radical (unpaired) electrons. The van der Waals surface area contributed by atoms with Crippen molar-refractivity contribution >= 4 is 33.4 Å². The smallest absolute Gasteiger partial charge is 0.243 e. The van der Waals surface area contributed by atoms with Crippen molar-refractivity contribution in [2.75, 3.05) is 13.6 Å². The van der Waals surface area contributed by atoms with E-state index in [1.54, 1.807) is 43.3 Å². The molecule has 0 aromatic heterocycles. The van der Waals surface area contributed by atoms with Gasteiger partial charge in [-0.25, -0.2) is 8.42 Å². The van der Waals surface area contributed by atoms with Gasteiger partial charge in [0, 0.05) is 24.2 Å². The number of nitrogens with one attached hydrogen (secondary N) is 1. The maximum absolute atomic E-state index is 13.3. The van der Waals surface area contributed by atoms with Crippen molar-refractivity contribution in [3.63, 3.8) is 0 Å². The number of hydrogen-bond donors (Lipinski definition) is 1. The van der Waals surface area contributed by atoms with E-state index in [2.05, 4.69) is 5.32 Å². The highest BCUT2D eigenvalue weighted by Crippen LogP contribution is 2.18. The number of hydrogen-bond acceptors (Lipinski definition) is 4. The Morgan fingerprint density at radius 3 is 2.24 bits per heavy atom. The number of halogens is 1. The van der Waals surface area contributed by atoms with Crippen molar-refractivity contribution in [3.8, 4) is 0 Å². The maximum Gasteiger partial charge on any atom is 0.243 e. The fourth-order valence-corrected chi connectivity index (χ4v) is 4.48. The van der Waals surface area contributed by atoms with Crippen molar-refractivity contribution in [3.05, 3.63) is 64.7 Å². The molecule has 0 aliphatic carbocycles. The lowest BCUT2D eigenvalue weighted by Gasteiger charge is -2.32. The molecule has 0 unspecified atom stereocenters. The Morgan fingerprint density at radius 1 is 1.09 bits per heavy atom. The summed E-state index contributed by atoms with van der Waals surface area (Å²) in [6.07, 6.45) is 0. The van der Waals surface area contributed by atoms with Crippen LogP contribution in [0.3, 0.4) is 0 Å². The van der Waals surface area contributed by atoms with Gasteiger partial charge >= 0.3 is 0 Å².